The molecule has 1 fully saturated rings. The largest absolute Gasteiger partial charge is 0.445 e. The number of hydrogen-bond donors (Lipinski definition) is 0. The summed E-state index contributed by atoms with van der Waals surface area (Å²) in [7, 11) is 3.94. The fraction of sp³-hybridized carbons (Fsp3) is 0.400. The van der Waals surface area contributed by atoms with E-state index in [2.05, 4.69) is 11.1 Å². The first kappa shape index (κ1) is 17.3. The van der Waals surface area contributed by atoms with Crippen LogP contribution in [0.5, 0.6) is 0 Å². The SMILES string of the molecule is CN(C)c1ccc(C2CCCCN2C(=O)OCc2ccccc2)cn1. The van der Waals surface area contributed by atoms with Gasteiger partial charge in [-0.2, -0.15) is 0 Å². The normalized spacial score (nSPS) is 17.2. The summed E-state index contributed by atoms with van der Waals surface area (Å²) in [5.41, 5.74) is 2.07. The quantitative estimate of drug-likeness (QED) is 0.844. The maximum absolute atomic E-state index is 12.6. The van der Waals surface area contributed by atoms with Crippen LogP contribution >= 0.6 is 0 Å². The van der Waals surface area contributed by atoms with Crippen molar-refractivity contribution in [1.29, 1.82) is 0 Å². The number of carbonyl (C=O) groups is 1. The zero-order chi connectivity index (χ0) is 17.6. The van der Waals surface area contributed by atoms with Gasteiger partial charge >= 0.3 is 6.09 Å². The highest BCUT2D eigenvalue weighted by Crippen LogP contribution is 2.31. The minimum atomic E-state index is -0.245. The molecule has 1 aliphatic heterocycles. The molecule has 1 aromatic heterocycles. The first-order valence-electron chi connectivity index (χ1n) is 8.76. The fourth-order valence-electron chi connectivity index (χ4n) is 3.16. The van der Waals surface area contributed by atoms with E-state index in [1.807, 2.05) is 66.5 Å². The number of rotatable bonds is 4. The summed E-state index contributed by atoms with van der Waals surface area (Å²) in [4.78, 5) is 20.9. The molecule has 0 radical (unpaired) electrons. The van der Waals surface area contributed by atoms with Crippen molar-refractivity contribution >= 4 is 11.9 Å². The van der Waals surface area contributed by atoms with Gasteiger partial charge in [0, 0.05) is 26.8 Å². The van der Waals surface area contributed by atoms with E-state index >= 15 is 0 Å². The second-order valence-corrected chi connectivity index (χ2v) is 6.59. The van der Waals surface area contributed by atoms with E-state index in [0.717, 1.165) is 42.8 Å². The van der Waals surface area contributed by atoms with Crippen LogP contribution in [0.3, 0.4) is 0 Å². The molecule has 1 atom stereocenters. The Balaban J connectivity index is 1.68. The minimum absolute atomic E-state index is 0.0423. The lowest BCUT2D eigenvalue weighted by Gasteiger charge is -2.35. The number of benzene rings is 1. The van der Waals surface area contributed by atoms with Crippen molar-refractivity contribution in [3.63, 3.8) is 0 Å². The Kier molecular flexibility index (Phi) is 5.53. The van der Waals surface area contributed by atoms with E-state index in [9.17, 15) is 4.79 Å². The Bertz CT molecular complexity index is 686. The van der Waals surface area contributed by atoms with Gasteiger partial charge in [-0.15, -0.1) is 0 Å². The van der Waals surface area contributed by atoms with Crippen LogP contribution in [0.15, 0.2) is 48.7 Å². The van der Waals surface area contributed by atoms with Crippen LogP contribution in [0.4, 0.5) is 10.6 Å². The topological polar surface area (TPSA) is 45.7 Å². The molecule has 5 nitrogen and oxygen atoms in total. The average molecular weight is 339 g/mol. The lowest BCUT2D eigenvalue weighted by Crippen LogP contribution is -2.38. The molecule has 1 amide bonds. The van der Waals surface area contributed by atoms with Crippen LogP contribution < -0.4 is 4.90 Å². The molecule has 0 saturated carbocycles. The summed E-state index contributed by atoms with van der Waals surface area (Å²) in [6.45, 7) is 1.04. The standard InChI is InChI=1S/C20H25N3O2/c1-22(2)19-12-11-17(14-21-19)18-10-6-7-13-23(18)20(24)25-15-16-8-4-3-5-9-16/h3-5,8-9,11-12,14,18H,6-7,10,13,15H2,1-2H3. The van der Waals surface area contributed by atoms with Crippen LogP contribution in [0.1, 0.15) is 36.4 Å². The number of carbonyl (C=O) groups excluding carboxylic acids is 1. The summed E-state index contributed by atoms with van der Waals surface area (Å²) >= 11 is 0. The van der Waals surface area contributed by atoms with Crippen molar-refractivity contribution in [2.24, 2.45) is 0 Å². The summed E-state index contributed by atoms with van der Waals surface area (Å²) in [6.07, 6.45) is 4.71. The number of anilines is 1. The van der Waals surface area contributed by atoms with Gasteiger partial charge in [0.15, 0.2) is 0 Å². The molecule has 3 rings (SSSR count). The van der Waals surface area contributed by atoms with Gasteiger partial charge < -0.3 is 14.5 Å². The monoisotopic (exact) mass is 339 g/mol. The van der Waals surface area contributed by atoms with Crippen molar-refractivity contribution < 1.29 is 9.53 Å². The van der Waals surface area contributed by atoms with Crippen LogP contribution in [-0.4, -0.2) is 36.6 Å². The third kappa shape index (κ3) is 4.29. The first-order chi connectivity index (χ1) is 12.1. The molecule has 1 unspecified atom stereocenters. The third-order valence-electron chi connectivity index (χ3n) is 4.56. The molecule has 25 heavy (non-hydrogen) atoms. The third-order valence-corrected chi connectivity index (χ3v) is 4.56. The smallest absolute Gasteiger partial charge is 0.410 e. The summed E-state index contributed by atoms with van der Waals surface area (Å²) in [6, 6.07) is 13.9. The molecule has 0 N–H and O–H groups in total. The number of pyridine rings is 1. The number of piperidine rings is 1. The highest BCUT2D eigenvalue weighted by atomic mass is 16.6. The number of nitrogens with zero attached hydrogens (tertiary/aromatic N) is 3. The van der Waals surface area contributed by atoms with Crippen LogP contribution in [0.25, 0.3) is 0 Å². The maximum Gasteiger partial charge on any atom is 0.410 e. The molecule has 0 bridgehead atoms. The number of likely N-dealkylation sites (tertiary alicyclic amines) is 1. The van der Waals surface area contributed by atoms with E-state index in [1.54, 1.807) is 0 Å². The summed E-state index contributed by atoms with van der Waals surface area (Å²) in [5.74, 6) is 0.915. The Labute approximate surface area is 149 Å². The van der Waals surface area contributed by atoms with E-state index in [0.29, 0.717) is 6.61 Å². The molecule has 0 spiro atoms. The first-order valence-corrected chi connectivity index (χ1v) is 8.76. The number of hydrogen-bond acceptors (Lipinski definition) is 4. The van der Waals surface area contributed by atoms with Gasteiger partial charge in [-0.3, -0.25) is 0 Å². The van der Waals surface area contributed by atoms with Gasteiger partial charge in [-0.25, -0.2) is 9.78 Å². The van der Waals surface area contributed by atoms with Crippen LogP contribution in [-0.2, 0) is 11.3 Å². The zero-order valence-corrected chi connectivity index (χ0v) is 14.9. The predicted molar refractivity (Wildman–Crippen MR) is 98.5 cm³/mol. The Morgan fingerprint density at radius 3 is 2.68 bits per heavy atom. The van der Waals surface area contributed by atoms with E-state index < -0.39 is 0 Å². The second kappa shape index (κ2) is 8.01. The lowest BCUT2D eigenvalue weighted by atomic mass is 9.97. The van der Waals surface area contributed by atoms with Crippen molar-refractivity contribution in [3.05, 3.63) is 59.8 Å². The molecule has 2 aromatic rings. The molecule has 1 aromatic carbocycles. The fourth-order valence-corrected chi connectivity index (χ4v) is 3.16. The highest BCUT2D eigenvalue weighted by Gasteiger charge is 2.29. The molecule has 1 saturated heterocycles. The second-order valence-electron chi connectivity index (χ2n) is 6.59. The number of aromatic nitrogens is 1. The van der Waals surface area contributed by atoms with Crippen molar-refractivity contribution in [1.82, 2.24) is 9.88 Å². The summed E-state index contributed by atoms with van der Waals surface area (Å²) in [5, 5.41) is 0. The molecule has 132 valence electrons. The molecule has 1 aliphatic rings. The molecular formula is C20H25N3O2. The lowest BCUT2D eigenvalue weighted by molar-refractivity contribution is 0.0678. The van der Waals surface area contributed by atoms with Crippen molar-refractivity contribution in [3.8, 4) is 0 Å². The van der Waals surface area contributed by atoms with Crippen LogP contribution in [0, 0.1) is 0 Å². The van der Waals surface area contributed by atoms with Crippen molar-refractivity contribution in [2.45, 2.75) is 31.9 Å². The van der Waals surface area contributed by atoms with E-state index in [-0.39, 0.29) is 12.1 Å². The Morgan fingerprint density at radius 1 is 1.20 bits per heavy atom. The van der Waals surface area contributed by atoms with Gasteiger partial charge in [-0.05, 0) is 36.5 Å². The molecule has 2 heterocycles. The highest BCUT2D eigenvalue weighted by molar-refractivity contribution is 5.68. The minimum Gasteiger partial charge on any atom is -0.445 e. The Hall–Kier alpha value is -2.56. The van der Waals surface area contributed by atoms with Gasteiger partial charge in [0.1, 0.15) is 12.4 Å². The Morgan fingerprint density at radius 2 is 2.00 bits per heavy atom. The molecule has 0 aliphatic carbocycles. The average Bonchev–Trinajstić information content (AvgIpc) is 2.67. The van der Waals surface area contributed by atoms with Gasteiger partial charge in [0.05, 0.1) is 6.04 Å². The van der Waals surface area contributed by atoms with Gasteiger partial charge in [0.25, 0.3) is 0 Å². The maximum atomic E-state index is 12.6. The number of amides is 1. The summed E-state index contributed by atoms with van der Waals surface area (Å²) < 4.78 is 5.54. The van der Waals surface area contributed by atoms with Gasteiger partial charge in [0.2, 0.25) is 0 Å². The molecular weight excluding hydrogens is 314 g/mol. The van der Waals surface area contributed by atoms with E-state index in [4.69, 9.17) is 4.74 Å². The molecule has 5 heteroatoms. The predicted octanol–water partition coefficient (Wildman–Crippen LogP) is 4.01. The zero-order valence-electron chi connectivity index (χ0n) is 14.9. The van der Waals surface area contributed by atoms with Gasteiger partial charge in [-0.1, -0.05) is 36.4 Å². The van der Waals surface area contributed by atoms with E-state index in [1.165, 1.54) is 0 Å². The number of ether oxygens (including phenoxy) is 1. The van der Waals surface area contributed by atoms with Crippen LogP contribution in [0.2, 0.25) is 0 Å². The van der Waals surface area contributed by atoms with Crippen molar-refractivity contribution in [2.75, 3.05) is 25.5 Å².